The summed E-state index contributed by atoms with van der Waals surface area (Å²) in [5, 5.41) is 0. The maximum Gasteiger partial charge on any atom is 0.213 e. The summed E-state index contributed by atoms with van der Waals surface area (Å²) in [5.41, 5.74) is 0. The van der Waals surface area contributed by atoms with Gasteiger partial charge in [0, 0.05) is 18.9 Å². The molecular weight excluding hydrogens is 260 g/mol. The van der Waals surface area contributed by atoms with Crippen LogP contribution < -0.4 is 4.74 Å². The van der Waals surface area contributed by atoms with Gasteiger partial charge in [0.25, 0.3) is 0 Å². The predicted molar refractivity (Wildman–Crippen MR) is 89.5 cm³/mol. The zero-order chi connectivity index (χ0) is 15.9. The number of benzene rings is 1. The normalized spacial score (nSPS) is 16.0. The Bertz CT molecular complexity index is 386. The van der Waals surface area contributed by atoms with Crippen LogP contribution in [0.15, 0.2) is 30.3 Å². The molecule has 0 radical (unpaired) electrons. The highest BCUT2D eigenvalue weighted by molar-refractivity contribution is 5.21. The summed E-state index contributed by atoms with van der Waals surface area (Å²) in [5.74, 6) is 1.86. The molecule has 0 saturated heterocycles. The topological polar surface area (TPSA) is 18.5 Å². The van der Waals surface area contributed by atoms with E-state index in [-0.39, 0.29) is 0 Å². The molecule has 2 nitrogen and oxygen atoms in total. The third kappa shape index (κ3) is 5.70. The van der Waals surface area contributed by atoms with Gasteiger partial charge in [-0.1, -0.05) is 52.8 Å². The van der Waals surface area contributed by atoms with Gasteiger partial charge in [0.2, 0.25) is 5.79 Å². The van der Waals surface area contributed by atoms with E-state index in [4.69, 9.17) is 9.47 Å². The van der Waals surface area contributed by atoms with E-state index in [2.05, 4.69) is 34.6 Å². The highest BCUT2D eigenvalue weighted by Gasteiger charge is 2.40. The van der Waals surface area contributed by atoms with E-state index in [1.165, 1.54) is 0 Å². The van der Waals surface area contributed by atoms with Crippen LogP contribution in [0.1, 0.15) is 54.4 Å². The molecule has 0 N–H and O–H groups in total. The summed E-state index contributed by atoms with van der Waals surface area (Å²) < 4.78 is 12.6. The van der Waals surface area contributed by atoms with Crippen molar-refractivity contribution in [3.63, 3.8) is 0 Å². The Morgan fingerprint density at radius 2 is 1.57 bits per heavy atom. The minimum Gasteiger partial charge on any atom is -0.462 e. The van der Waals surface area contributed by atoms with Crippen LogP contribution in [0, 0.1) is 17.8 Å². The molecule has 0 aliphatic rings. The average Bonchev–Trinajstić information content (AvgIpc) is 2.38. The molecule has 1 aromatic rings. The Balaban J connectivity index is 3.04. The van der Waals surface area contributed by atoms with Gasteiger partial charge in [0.1, 0.15) is 5.75 Å². The van der Waals surface area contributed by atoms with Crippen molar-refractivity contribution in [2.24, 2.45) is 17.8 Å². The molecule has 0 amide bonds. The van der Waals surface area contributed by atoms with Gasteiger partial charge in [-0.2, -0.15) is 0 Å². The first kappa shape index (κ1) is 18.0. The fraction of sp³-hybridized carbons (Fsp3) is 0.684. The molecule has 0 spiro atoms. The highest BCUT2D eigenvalue weighted by atomic mass is 16.7. The summed E-state index contributed by atoms with van der Waals surface area (Å²) in [6, 6.07) is 10.0. The maximum absolute atomic E-state index is 6.39. The van der Waals surface area contributed by atoms with E-state index >= 15 is 0 Å². The predicted octanol–water partition coefficient (Wildman–Crippen LogP) is 5.53. The molecular formula is C19H32O2. The van der Waals surface area contributed by atoms with E-state index in [9.17, 15) is 0 Å². The summed E-state index contributed by atoms with van der Waals surface area (Å²) in [4.78, 5) is 0. The SMILES string of the molecule is CCOC(CC(C)C)(Oc1ccccc1)C(C)CC(C)C. The van der Waals surface area contributed by atoms with Crippen molar-refractivity contribution in [2.45, 2.75) is 60.2 Å². The maximum atomic E-state index is 6.39. The minimum atomic E-state index is -0.533. The first-order chi connectivity index (χ1) is 9.89. The van der Waals surface area contributed by atoms with Crippen molar-refractivity contribution >= 4 is 0 Å². The van der Waals surface area contributed by atoms with Crippen molar-refractivity contribution in [2.75, 3.05) is 6.61 Å². The van der Waals surface area contributed by atoms with E-state index in [0.29, 0.717) is 24.4 Å². The van der Waals surface area contributed by atoms with Gasteiger partial charge in [0.05, 0.1) is 0 Å². The molecule has 2 atom stereocenters. The van der Waals surface area contributed by atoms with Crippen LogP contribution in [0.2, 0.25) is 0 Å². The highest BCUT2D eigenvalue weighted by Crippen LogP contribution is 2.36. The zero-order valence-electron chi connectivity index (χ0n) is 14.6. The standard InChI is InChI=1S/C19H32O2/c1-7-20-19(14-16(4)5,17(6)13-15(2)3)21-18-11-9-8-10-12-18/h8-12,15-17H,7,13-14H2,1-6H3. The minimum absolute atomic E-state index is 0.347. The van der Waals surface area contributed by atoms with Crippen LogP contribution in [0.3, 0.4) is 0 Å². The lowest BCUT2D eigenvalue weighted by atomic mass is 9.85. The Hall–Kier alpha value is -1.02. The second-order valence-electron chi connectivity index (χ2n) is 6.79. The summed E-state index contributed by atoms with van der Waals surface area (Å²) in [6.07, 6.45) is 2.00. The molecule has 0 aromatic heterocycles. The van der Waals surface area contributed by atoms with Crippen LogP contribution >= 0.6 is 0 Å². The van der Waals surface area contributed by atoms with Crippen molar-refractivity contribution in [3.8, 4) is 5.75 Å². The molecule has 0 bridgehead atoms. The van der Waals surface area contributed by atoms with Crippen LogP contribution in [0.25, 0.3) is 0 Å². The molecule has 0 saturated carbocycles. The van der Waals surface area contributed by atoms with Crippen molar-refractivity contribution in [1.82, 2.24) is 0 Å². The van der Waals surface area contributed by atoms with Crippen LogP contribution in [-0.4, -0.2) is 12.4 Å². The third-order valence-corrected chi connectivity index (χ3v) is 3.69. The Labute approximate surface area is 130 Å². The summed E-state index contributed by atoms with van der Waals surface area (Å²) in [6.45, 7) is 13.9. The van der Waals surface area contributed by atoms with Crippen LogP contribution in [0.4, 0.5) is 0 Å². The zero-order valence-corrected chi connectivity index (χ0v) is 14.6. The van der Waals surface area contributed by atoms with Gasteiger partial charge in [-0.3, -0.25) is 0 Å². The molecule has 0 aliphatic heterocycles. The fourth-order valence-corrected chi connectivity index (χ4v) is 2.96. The van der Waals surface area contributed by atoms with Crippen molar-refractivity contribution in [3.05, 3.63) is 30.3 Å². The lowest BCUT2D eigenvalue weighted by Crippen LogP contribution is -2.47. The van der Waals surface area contributed by atoms with Gasteiger partial charge in [-0.15, -0.1) is 0 Å². The van der Waals surface area contributed by atoms with Crippen LogP contribution in [-0.2, 0) is 4.74 Å². The lowest BCUT2D eigenvalue weighted by Gasteiger charge is -2.41. The molecule has 0 fully saturated rings. The number of para-hydroxylation sites is 1. The van der Waals surface area contributed by atoms with Crippen LogP contribution in [0.5, 0.6) is 5.75 Å². The molecule has 120 valence electrons. The summed E-state index contributed by atoms with van der Waals surface area (Å²) >= 11 is 0. The van der Waals surface area contributed by atoms with E-state index in [0.717, 1.165) is 18.6 Å². The lowest BCUT2D eigenvalue weighted by molar-refractivity contribution is -0.224. The monoisotopic (exact) mass is 292 g/mol. The van der Waals surface area contributed by atoms with E-state index in [1.54, 1.807) is 0 Å². The Morgan fingerprint density at radius 3 is 2.05 bits per heavy atom. The molecule has 1 aromatic carbocycles. The molecule has 2 unspecified atom stereocenters. The smallest absolute Gasteiger partial charge is 0.213 e. The molecule has 21 heavy (non-hydrogen) atoms. The largest absolute Gasteiger partial charge is 0.462 e. The molecule has 0 aliphatic carbocycles. The molecule has 0 heterocycles. The number of ether oxygens (including phenoxy) is 2. The van der Waals surface area contributed by atoms with Crippen molar-refractivity contribution < 1.29 is 9.47 Å². The first-order valence-electron chi connectivity index (χ1n) is 8.27. The molecule has 2 heteroatoms. The summed E-state index contributed by atoms with van der Waals surface area (Å²) in [7, 11) is 0. The third-order valence-electron chi connectivity index (χ3n) is 3.69. The second kappa shape index (κ2) is 8.43. The van der Waals surface area contributed by atoms with E-state index < -0.39 is 5.79 Å². The first-order valence-corrected chi connectivity index (χ1v) is 8.27. The number of hydrogen-bond donors (Lipinski definition) is 0. The van der Waals surface area contributed by atoms with E-state index in [1.807, 2.05) is 37.3 Å². The van der Waals surface area contributed by atoms with Gasteiger partial charge in [-0.25, -0.2) is 0 Å². The van der Waals surface area contributed by atoms with Gasteiger partial charge in [-0.05, 0) is 37.3 Å². The second-order valence-corrected chi connectivity index (χ2v) is 6.79. The van der Waals surface area contributed by atoms with Gasteiger partial charge >= 0.3 is 0 Å². The Morgan fingerprint density at radius 1 is 0.952 bits per heavy atom. The quantitative estimate of drug-likeness (QED) is 0.557. The Kier molecular flexibility index (Phi) is 7.24. The fourth-order valence-electron chi connectivity index (χ4n) is 2.96. The number of hydrogen-bond acceptors (Lipinski definition) is 2. The van der Waals surface area contributed by atoms with Crippen molar-refractivity contribution in [1.29, 1.82) is 0 Å². The van der Waals surface area contributed by atoms with Gasteiger partial charge in [0.15, 0.2) is 0 Å². The molecule has 1 rings (SSSR count). The number of rotatable bonds is 9. The average molecular weight is 292 g/mol. The van der Waals surface area contributed by atoms with Gasteiger partial charge < -0.3 is 9.47 Å².